The van der Waals surface area contributed by atoms with Gasteiger partial charge in [0.05, 0.1) is 18.2 Å². The first-order valence-electron chi connectivity index (χ1n) is 7.04. The van der Waals surface area contributed by atoms with Gasteiger partial charge in [-0.15, -0.1) is 10.2 Å². The van der Waals surface area contributed by atoms with Crippen LogP contribution < -0.4 is 0 Å². The Bertz CT molecular complexity index is 773. The second kappa shape index (κ2) is 4.92. The maximum atomic E-state index is 5.86. The van der Waals surface area contributed by atoms with Crippen LogP contribution in [0.1, 0.15) is 30.3 Å². The number of nitrogens with zero attached hydrogens (tertiary/aromatic N) is 5. The number of rotatable bonds is 2. The Labute approximate surface area is 121 Å². The number of fused-ring (bicyclic) bond motifs is 1. The van der Waals surface area contributed by atoms with E-state index < -0.39 is 0 Å². The monoisotopic (exact) mass is 285 g/mol. The molecule has 0 amide bonds. The molecule has 0 N–H and O–H groups in total. The van der Waals surface area contributed by atoms with E-state index in [0.717, 1.165) is 36.4 Å². The highest BCUT2D eigenvalue weighted by atomic mass is 16.5. The molecule has 21 heavy (non-hydrogen) atoms. The first kappa shape index (κ1) is 12.5. The highest BCUT2D eigenvalue weighted by molar-refractivity contribution is 5.73. The van der Waals surface area contributed by atoms with E-state index in [4.69, 9.17) is 9.15 Å². The Balaban J connectivity index is 1.75. The fourth-order valence-corrected chi connectivity index (χ4v) is 2.68. The molecule has 0 radical (unpaired) electrons. The molecule has 108 valence electrons. The lowest BCUT2D eigenvalue weighted by atomic mass is 10.0. The Kier molecular flexibility index (Phi) is 2.92. The van der Waals surface area contributed by atoms with Gasteiger partial charge >= 0.3 is 0 Å². The zero-order valence-electron chi connectivity index (χ0n) is 11.7. The summed E-state index contributed by atoms with van der Waals surface area (Å²) >= 11 is 0. The molecule has 3 aromatic heterocycles. The van der Waals surface area contributed by atoms with Crippen molar-refractivity contribution in [3.8, 4) is 11.5 Å². The minimum atomic E-state index is 0.190. The SMILES string of the molecule is Cc1nn2cccnc2c1-c1nnc(C2CCCOC2)o1. The molecule has 1 fully saturated rings. The predicted octanol–water partition coefficient (Wildman–Crippen LogP) is 1.98. The molecular formula is C14H15N5O2. The van der Waals surface area contributed by atoms with Crippen LogP contribution in [0.4, 0.5) is 0 Å². The molecular weight excluding hydrogens is 270 g/mol. The first-order valence-corrected chi connectivity index (χ1v) is 7.04. The normalized spacial score (nSPS) is 19.2. The molecule has 1 unspecified atom stereocenters. The molecule has 1 saturated heterocycles. The molecule has 0 aromatic carbocycles. The van der Waals surface area contributed by atoms with E-state index in [0.29, 0.717) is 18.4 Å². The summed E-state index contributed by atoms with van der Waals surface area (Å²) in [6, 6.07) is 1.84. The summed E-state index contributed by atoms with van der Waals surface area (Å²) in [7, 11) is 0. The average molecular weight is 285 g/mol. The standard InChI is InChI=1S/C14H15N5O2/c1-9-11(12-15-5-3-6-19(12)18-9)14-17-16-13(21-14)10-4-2-7-20-8-10/h3,5-6,10H,2,4,7-8H2,1H3. The quantitative estimate of drug-likeness (QED) is 0.716. The van der Waals surface area contributed by atoms with Crippen LogP contribution in [0.15, 0.2) is 22.9 Å². The molecule has 0 aliphatic carbocycles. The lowest BCUT2D eigenvalue weighted by Crippen LogP contribution is -2.15. The van der Waals surface area contributed by atoms with Gasteiger partial charge in [0.2, 0.25) is 5.89 Å². The summed E-state index contributed by atoms with van der Waals surface area (Å²) in [6.07, 6.45) is 5.63. The van der Waals surface area contributed by atoms with Crippen molar-refractivity contribution in [2.45, 2.75) is 25.7 Å². The van der Waals surface area contributed by atoms with E-state index in [1.165, 1.54) is 0 Å². The molecule has 0 saturated carbocycles. The maximum Gasteiger partial charge on any atom is 0.253 e. The fourth-order valence-electron chi connectivity index (χ4n) is 2.68. The van der Waals surface area contributed by atoms with Crippen molar-refractivity contribution in [2.75, 3.05) is 13.2 Å². The first-order chi connectivity index (χ1) is 10.3. The van der Waals surface area contributed by atoms with Gasteiger partial charge in [0.25, 0.3) is 5.89 Å². The van der Waals surface area contributed by atoms with Crippen molar-refractivity contribution in [2.24, 2.45) is 0 Å². The largest absolute Gasteiger partial charge is 0.420 e. The van der Waals surface area contributed by atoms with Crippen LogP contribution in [0, 0.1) is 6.92 Å². The molecule has 7 nitrogen and oxygen atoms in total. The van der Waals surface area contributed by atoms with Crippen molar-refractivity contribution < 1.29 is 9.15 Å². The molecule has 1 aliphatic rings. The second-order valence-corrected chi connectivity index (χ2v) is 5.21. The van der Waals surface area contributed by atoms with Gasteiger partial charge in [-0.3, -0.25) is 0 Å². The van der Waals surface area contributed by atoms with Crippen molar-refractivity contribution in [1.82, 2.24) is 24.8 Å². The minimum Gasteiger partial charge on any atom is -0.420 e. The van der Waals surface area contributed by atoms with Gasteiger partial charge in [-0.2, -0.15) is 5.10 Å². The van der Waals surface area contributed by atoms with Crippen molar-refractivity contribution in [3.63, 3.8) is 0 Å². The van der Waals surface area contributed by atoms with Crippen LogP contribution in [0.25, 0.3) is 17.1 Å². The summed E-state index contributed by atoms with van der Waals surface area (Å²) in [6.45, 7) is 3.37. The summed E-state index contributed by atoms with van der Waals surface area (Å²) < 4.78 is 13.1. The summed E-state index contributed by atoms with van der Waals surface area (Å²) in [5.74, 6) is 1.30. The topological polar surface area (TPSA) is 78.3 Å². The molecule has 3 aromatic rings. The molecule has 4 rings (SSSR count). The fraction of sp³-hybridized carbons (Fsp3) is 0.429. The van der Waals surface area contributed by atoms with Gasteiger partial charge in [-0.1, -0.05) is 0 Å². The Hall–Kier alpha value is -2.28. The number of aromatic nitrogens is 5. The van der Waals surface area contributed by atoms with Gasteiger partial charge in [0.1, 0.15) is 5.56 Å². The molecule has 7 heteroatoms. The Morgan fingerprint density at radius 1 is 1.33 bits per heavy atom. The number of hydrogen-bond donors (Lipinski definition) is 0. The van der Waals surface area contributed by atoms with Crippen LogP contribution in [-0.4, -0.2) is 38.0 Å². The molecule has 1 aliphatic heterocycles. The van der Waals surface area contributed by atoms with Crippen molar-refractivity contribution in [1.29, 1.82) is 0 Å². The second-order valence-electron chi connectivity index (χ2n) is 5.21. The van der Waals surface area contributed by atoms with E-state index in [9.17, 15) is 0 Å². The summed E-state index contributed by atoms with van der Waals surface area (Å²) in [5, 5.41) is 12.8. The van der Waals surface area contributed by atoms with Crippen LogP contribution in [-0.2, 0) is 4.74 Å². The summed E-state index contributed by atoms with van der Waals surface area (Å²) in [4.78, 5) is 4.35. The van der Waals surface area contributed by atoms with Gasteiger partial charge in [0, 0.05) is 19.0 Å². The molecule has 4 heterocycles. The number of ether oxygens (including phenoxy) is 1. The minimum absolute atomic E-state index is 0.190. The third kappa shape index (κ3) is 2.09. The van der Waals surface area contributed by atoms with E-state index >= 15 is 0 Å². The smallest absolute Gasteiger partial charge is 0.253 e. The average Bonchev–Trinajstić information content (AvgIpc) is 3.11. The molecule has 0 bridgehead atoms. The van der Waals surface area contributed by atoms with Gasteiger partial charge in [-0.05, 0) is 25.8 Å². The predicted molar refractivity (Wildman–Crippen MR) is 73.8 cm³/mol. The van der Waals surface area contributed by atoms with E-state index in [2.05, 4.69) is 20.3 Å². The summed E-state index contributed by atoms with van der Waals surface area (Å²) in [5.41, 5.74) is 2.35. The van der Waals surface area contributed by atoms with Crippen LogP contribution in [0.5, 0.6) is 0 Å². The van der Waals surface area contributed by atoms with Crippen LogP contribution >= 0.6 is 0 Å². The highest BCUT2D eigenvalue weighted by Crippen LogP contribution is 2.30. The van der Waals surface area contributed by atoms with Crippen molar-refractivity contribution in [3.05, 3.63) is 30.0 Å². The number of aryl methyl sites for hydroxylation is 1. The third-order valence-electron chi connectivity index (χ3n) is 3.73. The number of hydrogen-bond acceptors (Lipinski definition) is 6. The molecule has 0 spiro atoms. The van der Waals surface area contributed by atoms with E-state index in [1.54, 1.807) is 10.7 Å². The highest BCUT2D eigenvalue weighted by Gasteiger charge is 2.24. The maximum absolute atomic E-state index is 5.86. The van der Waals surface area contributed by atoms with Crippen molar-refractivity contribution >= 4 is 5.65 Å². The van der Waals surface area contributed by atoms with Crippen LogP contribution in [0.2, 0.25) is 0 Å². The zero-order chi connectivity index (χ0) is 14.2. The third-order valence-corrected chi connectivity index (χ3v) is 3.73. The van der Waals surface area contributed by atoms with Gasteiger partial charge in [-0.25, -0.2) is 9.50 Å². The molecule has 1 atom stereocenters. The Morgan fingerprint density at radius 3 is 3.14 bits per heavy atom. The van der Waals surface area contributed by atoms with Crippen LogP contribution in [0.3, 0.4) is 0 Å². The zero-order valence-corrected chi connectivity index (χ0v) is 11.7. The Morgan fingerprint density at radius 2 is 2.29 bits per heavy atom. The van der Waals surface area contributed by atoms with Gasteiger partial charge < -0.3 is 9.15 Å². The van der Waals surface area contributed by atoms with E-state index in [1.807, 2.05) is 19.2 Å². The van der Waals surface area contributed by atoms with E-state index in [-0.39, 0.29) is 5.92 Å². The lowest BCUT2D eigenvalue weighted by Gasteiger charge is -2.18. The van der Waals surface area contributed by atoms with Gasteiger partial charge in [0.15, 0.2) is 5.65 Å². The lowest BCUT2D eigenvalue weighted by molar-refractivity contribution is 0.0727.